The third-order valence-electron chi connectivity index (χ3n) is 4.44. The Balaban J connectivity index is 1.72. The maximum Gasteiger partial charge on any atom is 0.325 e. The topological polar surface area (TPSA) is 96.9 Å². The molecule has 1 aromatic rings. The molecule has 0 bridgehead atoms. The molecular weight excluding hydrogens is 338 g/mol. The van der Waals surface area contributed by atoms with Crippen molar-refractivity contribution in [1.29, 1.82) is 0 Å². The van der Waals surface area contributed by atoms with Crippen molar-refractivity contribution in [2.45, 2.75) is 26.8 Å². The van der Waals surface area contributed by atoms with Crippen LogP contribution < -0.4 is 10.2 Å². The Morgan fingerprint density at radius 1 is 1.23 bits per heavy atom. The number of urea groups is 1. The number of amides is 2. The molecule has 0 aromatic carbocycles. The van der Waals surface area contributed by atoms with Gasteiger partial charge in [-0.3, -0.25) is 4.79 Å². The predicted molar refractivity (Wildman–Crippen MR) is 93.9 cm³/mol. The number of carbonyl (C=O) groups is 2. The van der Waals surface area contributed by atoms with E-state index >= 15 is 0 Å². The maximum atomic E-state index is 12.4. The molecule has 0 atom stereocenters. The zero-order valence-corrected chi connectivity index (χ0v) is 15.3. The highest BCUT2D eigenvalue weighted by Gasteiger charge is 2.28. The van der Waals surface area contributed by atoms with Crippen LogP contribution in [0.15, 0.2) is 0 Å². The molecule has 2 aliphatic heterocycles. The molecule has 142 valence electrons. The lowest BCUT2D eigenvalue weighted by Gasteiger charge is -2.34. The lowest BCUT2D eigenvalue weighted by molar-refractivity contribution is -0.141. The van der Waals surface area contributed by atoms with Gasteiger partial charge in [0.2, 0.25) is 0 Å². The van der Waals surface area contributed by atoms with Crippen molar-refractivity contribution in [2.75, 3.05) is 50.9 Å². The summed E-state index contributed by atoms with van der Waals surface area (Å²) >= 11 is 0. The van der Waals surface area contributed by atoms with E-state index in [0.29, 0.717) is 39.3 Å². The zero-order valence-electron chi connectivity index (χ0n) is 15.3. The van der Waals surface area contributed by atoms with E-state index in [1.165, 1.54) is 0 Å². The van der Waals surface area contributed by atoms with E-state index in [-0.39, 0.29) is 12.6 Å². The molecule has 1 N–H and O–H groups in total. The lowest BCUT2D eigenvalue weighted by atomic mass is 10.1. The standard InChI is InChI=1S/C17H25N5O4/c1-3-26-15(23)10-18-17(24)22-5-4-14-13(11-22)16(20-12(2)19-14)21-6-8-25-9-7-21/h3-11H2,1-2H3,(H,18,24). The molecule has 3 rings (SSSR count). The van der Waals surface area contributed by atoms with Gasteiger partial charge in [0.15, 0.2) is 0 Å². The van der Waals surface area contributed by atoms with Gasteiger partial charge in [-0.1, -0.05) is 0 Å². The molecule has 1 aromatic heterocycles. The van der Waals surface area contributed by atoms with Crippen LogP contribution >= 0.6 is 0 Å². The summed E-state index contributed by atoms with van der Waals surface area (Å²) in [5, 5.41) is 2.62. The van der Waals surface area contributed by atoms with Gasteiger partial charge in [0.1, 0.15) is 18.2 Å². The molecule has 0 spiro atoms. The van der Waals surface area contributed by atoms with Crippen LogP contribution in [0.3, 0.4) is 0 Å². The number of morpholine rings is 1. The van der Waals surface area contributed by atoms with Crippen molar-refractivity contribution in [2.24, 2.45) is 0 Å². The molecule has 1 saturated heterocycles. The summed E-state index contributed by atoms with van der Waals surface area (Å²) < 4.78 is 10.3. The fourth-order valence-electron chi connectivity index (χ4n) is 3.20. The minimum Gasteiger partial charge on any atom is -0.465 e. The number of nitrogens with one attached hydrogen (secondary N) is 1. The van der Waals surface area contributed by atoms with Crippen LogP contribution in [0.5, 0.6) is 0 Å². The van der Waals surface area contributed by atoms with Crippen molar-refractivity contribution in [3.05, 3.63) is 17.1 Å². The highest BCUT2D eigenvalue weighted by molar-refractivity contribution is 5.81. The number of rotatable bonds is 4. The summed E-state index contributed by atoms with van der Waals surface area (Å²) in [6, 6.07) is -0.280. The van der Waals surface area contributed by atoms with E-state index in [1.54, 1.807) is 11.8 Å². The Morgan fingerprint density at radius 3 is 2.73 bits per heavy atom. The van der Waals surface area contributed by atoms with Crippen molar-refractivity contribution in [3.63, 3.8) is 0 Å². The summed E-state index contributed by atoms with van der Waals surface area (Å²) in [6.45, 7) is 7.66. The molecule has 2 amide bonds. The molecule has 0 unspecified atom stereocenters. The van der Waals surface area contributed by atoms with Crippen LogP contribution in [0.25, 0.3) is 0 Å². The number of aryl methyl sites for hydroxylation is 1. The van der Waals surface area contributed by atoms with E-state index in [0.717, 1.165) is 36.0 Å². The third-order valence-corrected chi connectivity index (χ3v) is 4.44. The number of aromatic nitrogens is 2. The first-order valence-corrected chi connectivity index (χ1v) is 8.96. The quantitative estimate of drug-likeness (QED) is 0.766. The molecule has 2 aliphatic rings. The molecule has 9 heteroatoms. The number of carbonyl (C=O) groups excluding carboxylic acids is 2. The van der Waals surface area contributed by atoms with Gasteiger partial charge in [0.25, 0.3) is 0 Å². The number of hydrogen-bond acceptors (Lipinski definition) is 7. The second-order valence-corrected chi connectivity index (χ2v) is 6.25. The first-order chi connectivity index (χ1) is 12.6. The molecule has 0 saturated carbocycles. The fraction of sp³-hybridized carbons (Fsp3) is 0.647. The van der Waals surface area contributed by atoms with Gasteiger partial charge in [0, 0.05) is 31.6 Å². The number of esters is 1. The van der Waals surface area contributed by atoms with Crippen LogP contribution in [-0.2, 0) is 27.2 Å². The first-order valence-electron chi connectivity index (χ1n) is 8.96. The van der Waals surface area contributed by atoms with Gasteiger partial charge >= 0.3 is 12.0 Å². The Morgan fingerprint density at radius 2 is 2.00 bits per heavy atom. The second-order valence-electron chi connectivity index (χ2n) is 6.25. The van der Waals surface area contributed by atoms with Gasteiger partial charge in [-0.2, -0.15) is 0 Å². The maximum absolute atomic E-state index is 12.4. The third kappa shape index (κ3) is 4.21. The highest BCUT2D eigenvalue weighted by Crippen LogP contribution is 2.27. The molecule has 0 radical (unpaired) electrons. The summed E-state index contributed by atoms with van der Waals surface area (Å²) in [6.07, 6.45) is 0.670. The Labute approximate surface area is 152 Å². The van der Waals surface area contributed by atoms with Gasteiger partial charge < -0.3 is 24.6 Å². The monoisotopic (exact) mass is 363 g/mol. The summed E-state index contributed by atoms with van der Waals surface area (Å²) in [4.78, 5) is 36.9. The van der Waals surface area contributed by atoms with Crippen molar-refractivity contribution in [3.8, 4) is 0 Å². The first kappa shape index (κ1) is 18.4. The molecule has 0 aliphatic carbocycles. The van der Waals surface area contributed by atoms with E-state index in [2.05, 4.69) is 20.2 Å². The minimum atomic E-state index is -0.439. The van der Waals surface area contributed by atoms with Gasteiger partial charge in [-0.25, -0.2) is 14.8 Å². The lowest BCUT2D eigenvalue weighted by Crippen LogP contribution is -2.46. The molecule has 9 nitrogen and oxygen atoms in total. The minimum absolute atomic E-state index is 0.128. The highest BCUT2D eigenvalue weighted by atomic mass is 16.5. The number of hydrogen-bond donors (Lipinski definition) is 1. The SMILES string of the molecule is CCOC(=O)CNC(=O)N1CCc2nc(C)nc(N3CCOCC3)c2C1. The Kier molecular flexibility index (Phi) is 5.87. The smallest absolute Gasteiger partial charge is 0.325 e. The number of fused-ring (bicyclic) bond motifs is 1. The van der Waals surface area contributed by atoms with Crippen LogP contribution in [-0.4, -0.2) is 72.9 Å². The Hall–Kier alpha value is -2.42. The average Bonchev–Trinajstić information content (AvgIpc) is 2.66. The van der Waals surface area contributed by atoms with E-state index in [4.69, 9.17) is 9.47 Å². The summed E-state index contributed by atoms with van der Waals surface area (Å²) in [5.74, 6) is 1.19. The van der Waals surface area contributed by atoms with E-state index < -0.39 is 5.97 Å². The largest absolute Gasteiger partial charge is 0.465 e. The van der Waals surface area contributed by atoms with Crippen molar-refractivity contribution in [1.82, 2.24) is 20.2 Å². The van der Waals surface area contributed by atoms with Crippen molar-refractivity contribution < 1.29 is 19.1 Å². The van der Waals surface area contributed by atoms with Gasteiger partial charge in [0.05, 0.1) is 32.1 Å². The normalized spacial score (nSPS) is 16.8. The van der Waals surface area contributed by atoms with Crippen LogP contribution in [0, 0.1) is 6.92 Å². The zero-order chi connectivity index (χ0) is 18.5. The second kappa shape index (κ2) is 8.31. The average molecular weight is 363 g/mol. The van der Waals surface area contributed by atoms with Gasteiger partial charge in [-0.05, 0) is 13.8 Å². The molecule has 1 fully saturated rings. The van der Waals surface area contributed by atoms with Crippen molar-refractivity contribution >= 4 is 17.8 Å². The number of nitrogens with zero attached hydrogens (tertiary/aromatic N) is 4. The molecule has 3 heterocycles. The number of anilines is 1. The predicted octanol–water partition coefficient (Wildman–Crippen LogP) is 0.252. The number of ether oxygens (including phenoxy) is 2. The van der Waals surface area contributed by atoms with Gasteiger partial charge in [-0.15, -0.1) is 0 Å². The molecule has 26 heavy (non-hydrogen) atoms. The Bertz CT molecular complexity index is 675. The van der Waals surface area contributed by atoms with Crippen LogP contribution in [0.1, 0.15) is 24.0 Å². The van der Waals surface area contributed by atoms with Crippen LogP contribution in [0.2, 0.25) is 0 Å². The van der Waals surface area contributed by atoms with E-state index in [9.17, 15) is 9.59 Å². The summed E-state index contributed by atoms with van der Waals surface area (Å²) in [5.41, 5.74) is 1.98. The van der Waals surface area contributed by atoms with Crippen LogP contribution in [0.4, 0.5) is 10.6 Å². The fourth-order valence-corrected chi connectivity index (χ4v) is 3.20. The van der Waals surface area contributed by atoms with E-state index in [1.807, 2.05) is 6.92 Å². The molecular formula is C17H25N5O4. The summed E-state index contributed by atoms with van der Waals surface area (Å²) in [7, 11) is 0.